The Morgan fingerprint density at radius 1 is 1.20 bits per heavy atom. The number of nitrogens with zero attached hydrogens (tertiary/aromatic N) is 3. The van der Waals surface area contributed by atoms with Gasteiger partial charge in [-0.05, 0) is 73.6 Å². The standard InChI is InChI=1S/C30H38F4N4O3/c1-16(19-10-9-11-21(23(19)31)30(33,34)29(5,6)39)35-27-20-14-22(41-15-18-12-13-28(3,4)38(18)7)26(40-8)24(32)25(20)36-17(2)37-27/h9-11,14,16,18,39H,12-13,15H2,1-8H3,(H,35,36,37)/t16-,18+/m1/s1. The second-order valence-corrected chi connectivity index (χ2v) is 11.9. The Labute approximate surface area is 237 Å². The number of aryl methyl sites for hydroxylation is 1. The van der Waals surface area contributed by atoms with Crippen LogP contribution in [0.1, 0.15) is 70.5 Å². The van der Waals surface area contributed by atoms with Crippen molar-refractivity contribution in [3.63, 3.8) is 0 Å². The maximum atomic E-state index is 15.7. The monoisotopic (exact) mass is 578 g/mol. The van der Waals surface area contributed by atoms with Gasteiger partial charge in [-0.2, -0.15) is 8.78 Å². The fraction of sp³-hybridized carbons (Fsp3) is 0.533. The van der Waals surface area contributed by atoms with E-state index in [1.54, 1.807) is 19.9 Å². The van der Waals surface area contributed by atoms with Gasteiger partial charge in [0, 0.05) is 22.5 Å². The summed E-state index contributed by atoms with van der Waals surface area (Å²) < 4.78 is 72.3. The lowest BCUT2D eigenvalue weighted by molar-refractivity contribution is -0.170. The second-order valence-electron chi connectivity index (χ2n) is 11.9. The summed E-state index contributed by atoms with van der Waals surface area (Å²) in [4.78, 5) is 10.9. The minimum absolute atomic E-state index is 0.0226. The smallest absolute Gasteiger partial charge is 0.303 e. The Morgan fingerprint density at radius 2 is 1.88 bits per heavy atom. The van der Waals surface area contributed by atoms with Crippen molar-refractivity contribution in [2.45, 2.75) is 83.5 Å². The first kappa shape index (κ1) is 30.8. The van der Waals surface area contributed by atoms with Gasteiger partial charge in [0.2, 0.25) is 0 Å². The second kappa shape index (κ2) is 10.9. The molecule has 1 saturated heterocycles. The number of likely N-dealkylation sites (N-methyl/N-ethyl adjacent to an activating group) is 1. The molecule has 2 N–H and O–H groups in total. The summed E-state index contributed by atoms with van der Waals surface area (Å²) in [6.07, 6.45) is 1.92. The molecule has 0 radical (unpaired) electrons. The van der Waals surface area contributed by atoms with E-state index in [4.69, 9.17) is 9.47 Å². The molecular weight excluding hydrogens is 540 g/mol. The summed E-state index contributed by atoms with van der Waals surface area (Å²) in [5.41, 5.74) is -3.49. The van der Waals surface area contributed by atoms with Gasteiger partial charge < -0.3 is 19.9 Å². The third-order valence-electron chi connectivity index (χ3n) is 8.15. The number of rotatable bonds is 9. The van der Waals surface area contributed by atoms with E-state index in [1.165, 1.54) is 19.2 Å². The summed E-state index contributed by atoms with van der Waals surface area (Å²) >= 11 is 0. The summed E-state index contributed by atoms with van der Waals surface area (Å²) in [6, 6.07) is 4.44. The fourth-order valence-corrected chi connectivity index (χ4v) is 5.21. The molecule has 0 aliphatic carbocycles. The number of likely N-dealkylation sites (tertiary alicyclic amines) is 1. The fourth-order valence-electron chi connectivity index (χ4n) is 5.21. The van der Waals surface area contributed by atoms with E-state index in [0.29, 0.717) is 6.61 Å². The number of nitrogens with one attached hydrogen (secondary N) is 1. The first-order chi connectivity index (χ1) is 19.0. The average Bonchev–Trinajstić information content (AvgIpc) is 3.14. The van der Waals surface area contributed by atoms with Gasteiger partial charge in [-0.25, -0.2) is 18.7 Å². The number of hydrogen-bond acceptors (Lipinski definition) is 7. The first-order valence-electron chi connectivity index (χ1n) is 13.6. The molecule has 1 aromatic heterocycles. The van der Waals surface area contributed by atoms with Crippen LogP contribution in [0.4, 0.5) is 23.4 Å². The van der Waals surface area contributed by atoms with Crippen molar-refractivity contribution >= 4 is 16.7 Å². The van der Waals surface area contributed by atoms with Crippen LogP contribution in [0, 0.1) is 18.6 Å². The number of fused-ring (bicyclic) bond motifs is 1. The molecular formula is C30H38F4N4O3. The predicted octanol–water partition coefficient (Wildman–Crippen LogP) is 6.51. The molecule has 2 heterocycles. The Balaban J connectivity index is 1.72. The summed E-state index contributed by atoms with van der Waals surface area (Å²) in [6.45, 7) is 9.62. The summed E-state index contributed by atoms with van der Waals surface area (Å²) in [7, 11) is 3.38. The van der Waals surface area contributed by atoms with Crippen molar-refractivity contribution in [2.24, 2.45) is 0 Å². The van der Waals surface area contributed by atoms with Crippen LogP contribution >= 0.6 is 0 Å². The topological polar surface area (TPSA) is 79.7 Å². The van der Waals surface area contributed by atoms with E-state index in [0.717, 1.165) is 32.8 Å². The Kier molecular flexibility index (Phi) is 8.18. The Hall–Kier alpha value is -3.18. The molecule has 2 aromatic carbocycles. The number of ether oxygens (including phenoxy) is 2. The molecule has 1 aliphatic heterocycles. The SMILES string of the molecule is COc1c(OC[C@@H]2CCC(C)(C)N2C)cc2c(N[C@H](C)c3cccc(C(F)(F)C(C)(C)O)c3F)nc(C)nc2c1F. The predicted molar refractivity (Wildman–Crippen MR) is 150 cm³/mol. The number of aliphatic hydroxyl groups is 1. The van der Waals surface area contributed by atoms with E-state index >= 15 is 8.78 Å². The van der Waals surface area contributed by atoms with E-state index < -0.39 is 34.8 Å². The lowest BCUT2D eigenvalue weighted by Gasteiger charge is -2.31. The normalized spacial score (nSPS) is 18.5. The van der Waals surface area contributed by atoms with Gasteiger partial charge in [0.25, 0.3) is 0 Å². The van der Waals surface area contributed by atoms with Crippen LogP contribution in [0.25, 0.3) is 10.9 Å². The molecule has 2 atom stereocenters. The van der Waals surface area contributed by atoms with Crippen LogP contribution in [0.3, 0.4) is 0 Å². The van der Waals surface area contributed by atoms with Gasteiger partial charge in [-0.15, -0.1) is 0 Å². The van der Waals surface area contributed by atoms with Crippen molar-refractivity contribution in [3.05, 3.63) is 52.9 Å². The molecule has 3 aromatic rings. The van der Waals surface area contributed by atoms with E-state index in [1.807, 2.05) is 7.05 Å². The van der Waals surface area contributed by atoms with E-state index in [2.05, 4.69) is 34.0 Å². The highest BCUT2D eigenvalue weighted by atomic mass is 19.3. The van der Waals surface area contributed by atoms with Crippen molar-refractivity contribution in [3.8, 4) is 11.5 Å². The third kappa shape index (κ3) is 5.66. The van der Waals surface area contributed by atoms with E-state index in [9.17, 15) is 13.9 Å². The van der Waals surface area contributed by atoms with Gasteiger partial charge in [-0.1, -0.05) is 12.1 Å². The quantitative estimate of drug-likeness (QED) is 0.280. The lowest BCUT2D eigenvalue weighted by atomic mass is 9.91. The third-order valence-corrected chi connectivity index (χ3v) is 8.15. The van der Waals surface area contributed by atoms with Gasteiger partial charge in [0.05, 0.1) is 18.7 Å². The van der Waals surface area contributed by atoms with Gasteiger partial charge in [0.1, 0.15) is 35.2 Å². The molecule has 41 heavy (non-hydrogen) atoms. The molecule has 0 saturated carbocycles. The van der Waals surface area contributed by atoms with Crippen molar-refractivity contribution in [2.75, 3.05) is 26.1 Å². The zero-order valence-corrected chi connectivity index (χ0v) is 24.7. The molecule has 7 nitrogen and oxygen atoms in total. The largest absolute Gasteiger partial charge is 0.490 e. The number of methoxy groups -OCH3 is 1. The number of halogens is 4. The molecule has 0 bridgehead atoms. The Bertz CT molecular complexity index is 1440. The molecule has 224 valence electrons. The zero-order chi connectivity index (χ0) is 30.5. The average molecular weight is 579 g/mol. The first-order valence-corrected chi connectivity index (χ1v) is 13.6. The maximum absolute atomic E-state index is 15.7. The highest BCUT2D eigenvalue weighted by molar-refractivity contribution is 5.92. The number of hydrogen-bond donors (Lipinski definition) is 2. The lowest BCUT2D eigenvalue weighted by Crippen LogP contribution is -2.41. The number of benzene rings is 2. The minimum Gasteiger partial charge on any atom is -0.490 e. The molecule has 0 amide bonds. The number of aromatic nitrogens is 2. The number of anilines is 1. The van der Waals surface area contributed by atoms with Crippen LogP contribution in [0.5, 0.6) is 11.5 Å². The van der Waals surface area contributed by atoms with Crippen molar-refractivity contribution < 1.29 is 32.1 Å². The molecule has 4 rings (SSSR count). The minimum atomic E-state index is -3.85. The zero-order valence-electron chi connectivity index (χ0n) is 24.7. The van der Waals surface area contributed by atoms with Gasteiger partial charge >= 0.3 is 5.92 Å². The van der Waals surface area contributed by atoms with Crippen LogP contribution in [-0.2, 0) is 5.92 Å². The van der Waals surface area contributed by atoms with Crippen molar-refractivity contribution in [1.29, 1.82) is 0 Å². The Morgan fingerprint density at radius 3 is 2.46 bits per heavy atom. The maximum Gasteiger partial charge on any atom is 0.303 e. The van der Waals surface area contributed by atoms with Crippen molar-refractivity contribution in [1.82, 2.24) is 14.9 Å². The number of alkyl halides is 2. The highest BCUT2D eigenvalue weighted by Gasteiger charge is 2.49. The summed E-state index contributed by atoms with van der Waals surface area (Å²) in [5, 5.41) is 13.3. The van der Waals surface area contributed by atoms with Crippen LogP contribution in [0.15, 0.2) is 24.3 Å². The molecule has 1 aliphatic rings. The molecule has 11 heteroatoms. The summed E-state index contributed by atoms with van der Waals surface area (Å²) in [5.74, 6) is -5.27. The highest BCUT2D eigenvalue weighted by Crippen LogP contribution is 2.42. The molecule has 0 spiro atoms. The van der Waals surface area contributed by atoms with Gasteiger partial charge in [-0.3, -0.25) is 4.90 Å². The van der Waals surface area contributed by atoms with Crippen LogP contribution in [0.2, 0.25) is 0 Å². The van der Waals surface area contributed by atoms with Crippen LogP contribution in [-0.4, -0.2) is 57.9 Å². The molecule has 0 unspecified atom stereocenters. The van der Waals surface area contributed by atoms with Crippen LogP contribution < -0.4 is 14.8 Å². The van der Waals surface area contributed by atoms with Gasteiger partial charge in [0.15, 0.2) is 17.3 Å². The molecule has 1 fully saturated rings. The van der Waals surface area contributed by atoms with E-state index in [-0.39, 0.29) is 51.2 Å².